The second-order valence-corrected chi connectivity index (χ2v) is 7.60. The second-order valence-electron chi connectivity index (χ2n) is 7.60. The van der Waals surface area contributed by atoms with Gasteiger partial charge in [-0.1, -0.05) is 5.16 Å². The zero-order valence-electron chi connectivity index (χ0n) is 16.5. The summed E-state index contributed by atoms with van der Waals surface area (Å²) in [4.78, 5) is 6.09. The molecular formula is C22H20F2N4O3. The number of alkyl halides is 2. The fourth-order valence-corrected chi connectivity index (χ4v) is 3.81. The smallest absolute Gasteiger partial charge is 0.261 e. The van der Waals surface area contributed by atoms with E-state index in [1.54, 1.807) is 35.5 Å². The van der Waals surface area contributed by atoms with Crippen molar-refractivity contribution in [1.82, 2.24) is 14.3 Å². The van der Waals surface area contributed by atoms with Crippen LogP contribution in [-0.4, -0.2) is 51.7 Å². The third-order valence-electron chi connectivity index (χ3n) is 5.42. The quantitative estimate of drug-likeness (QED) is 0.389. The van der Waals surface area contributed by atoms with Crippen molar-refractivity contribution in [3.63, 3.8) is 0 Å². The van der Waals surface area contributed by atoms with Gasteiger partial charge in [0.2, 0.25) is 0 Å². The maximum absolute atomic E-state index is 13.3. The van der Waals surface area contributed by atoms with E-state index in [2.05, 4.69) is 10.1 Å². The Morgan fingerprint density at radius 3 is 2.94 bits per heavy atom. The highest BCUT2D eigenvalue weighted by Gasteiger charge is 2.37. The van der Waals surface area contributed by atoms with Crippen LogP contribution in [-0.2, 0) is 0 Å². The predicted molar refractivity (Wildman–Crippen MR) is 109 cm³/mol. The lowest BCUT2D eigenvalue weighted by Gasteiger charge is -2.16. The molecule has 0 atom stereocenters. The van der Waals surface area contributed by atoms with Gasteiger partial charge in [-0.25, -0.2) is 13.8 Å². The summed E-state index contributed by atoms with van der Waals surface area (Å²) >= 11 is 0. The maximum atomic E-state index is 13.3. The molecule has 31 heavy (non-hydrogen) atoms. The molecule has 160 valence electrons. The minimum Gasteiger partial charge on any atom is -0.492 e. The molecule has 4 aromatic rings. The number of ether oxygens (including phenoxy) is 1. The Balaban J connectivity index is 1.38. The standard InChI is InChI=1S/C22H20F2N4O3/c23-22(24)5-7-27(13-22)8-9-30-16-3-4-20-17(11-16)18(26-29)12-21(31-20)19-10-15-2-1-6-28(15)14-25-19/h1-4,6,10-12,14,29H,5,7-9,13H2/b26-18+. The van der Waals surface area contributed by atoms with E-state index in [4.69, 9.17) is 9.15 Å². The lowest BCUT2D eigenvalue weighted by Crippen LogP contribution is -2.29. The summed E-state index contributed by atoms with van der Waals surface area (Å²) < 4.78 is 40.2. The zero-order chi connectivity index (χ0) is 21.4. The van der Waals surface area contributed by atoms with E-state index in [-0.39, 0.29) is 19.6 Å². The van der Waals surface area contributed by atoms with Gasteiger partial charge in [-0.05, 0) is 36.4 Å². The molecule has 1 aliphatic heterocycles. The third-order valence-corrected chi connectivity index (χ3v) is 5.42. The van der Waals surface area contributed by atoms with Gasteiger partial charge in [0.25, 0.3) is 5.92 Å². The van der Waals surface area contributed by atoms with Crippen LogP contribution in [0.15, 0.2) is 64.6 Å². The minimum atomic E-state index is -2.61. The summed E-state index contributed by atoms with van der Waals surface area (Å²) in [6.45, 7) is 0.838. The number of nitrogens with zero attached hydrogens (tertiary/aromatic N) is 4. The number of likely N-dealkylation sites (tertiary alicyclic amines) is 1. The van der Waals surface area contributed by atoms with E-state index in [1.165, 1.54) is 0 Å². The van der Waals surface area contributed by atoms with Crippen LogP contribution in [0.4, 0.5) is 8.78 Å². The van der Waals surface area contributed by atoms with Crippen molar-refractivity contribution >= 4 is 16.5 Å². The van der Waals surface area contributed by atoms with Crippen molar-refractivity contribution in [3.05, 3.63) is 60.3 Å². The van der Waals surface area contributed by atoms with Crippen LogP contribution in [0.5, 0.6) is 5.75 Å². The van der Waals surface area contributed by atoms with Crippen molar-refractivity contribution in [2.75, 3.05) is 26.2 Å². The number of aromatic nitrogens is 2. The summed E-state index contributed by atoms with van der Waals surface area (Å²) in [5.74, 6) is -1.60. The predicted octanol–water partition coefficient (Wildman–Crippen LogP) is 3.76. The number of halogens is 2. The zero-order valence-corrected chi connectivity index (χ0v) is 16.5. The molecule has 1 saturated heterocycles. The van der Waals surface area contributed by atoms with Gasteiger partial charge in [-0.2, -0.15) is 0 Å². The Morgan fingerprint density at radius 2 is 2.13 bits per heavy atom. The number of rotatable bonds is 5. The molecule has 0 radical (unpaired) electrons. The Labute approximate surface area is 175 Å². The van der Waals surface area contributed by atoms with Crippen LogP contribution in [0, 0.1) is 0 Å². The van der Waals surface area contributed by atoms with E-state index in [0.29, 0.717) is 46.6 Å². The van der Waals surface area contributed by atoms with Gasteiger partial charge in [-0.15, -0.1) is 0 Å². The molecule has 0 amide bonds. The van der Waals surface area contributed by atoms with Crippen LogP contribution < -0.4 is 10.1 Å². The molecule has 9 heteroatoms. The molecule has 0 unspecified atom stereocenters. The Morgan fingerprint density at radius 1 is 1.23 bits per heavy atom. The van der Waals surface area contributed by atoms with Gasteiger partial charge in [0.15, 0.2) is 5.76 Å². The molecule has 3 aromatic heterocycles. The van der Waals surface area contributed by atoms with E-state index in [0.717, 1.165) is 5.52 Å². The molecule has 0 spiro atoms. The van der Waals surface area contributed by atoms with E-state index in [1.807, 2.05) is 28.8 Å². The monoisotopic (exact) mass is 426 g/mol. The highest BCUT2D eigenvalue weighted by molar-refractivity contribution is 5.80. The van der Waals surface area contributed by atoms with E-state index in [9.17, 15) is 14.0 Å². The van der Waals surface area contributed by atoms with Crippen LogP contribution >= 0.6 is 0 Å². The summed E-state index contributed by atoms with van der Waals surface area (Å²) in [6.07, 6.45) is 3.47. The van der Waals surface area contributed by atoms with Crippen molar-refractivity contribution in [2.24, 2.45) is 5.16 Å². The molecule has 0 bridgehead atoms. The van der Waals surface area contributed by atoms with Crippen LogP contribution in [0.25, 0.3) is 27.9 Å². The fraction of sp³-hybridized carbons (Fsp3) is 0.273. The highest BCUT2D eigenvalue weighted by Crippen LogP contribution is 2.27. The molecule has 1 N–H and O–H groups in total. The SMILES string of the molecule is O/N=c1\cc(-c2cc3cccn3cn2)oc2ccc(OCCN3CCC(F)(F)C3)cc12. The summed E-state index contributed by atoms with van der Waals surface area (Å²) in [6, 6.07) is 12.5. The largest absolute Gasteiger partial charge is 0.492 e. The van der Waals surface area contributed by atoms with E-state index < -0.39 is 5.92 Å². The Bertz CT molecular complexity index is 1320. The molecule has 0 aliphatic carbocycles. The van der Waals surface area contributed by atoms with Crippen molar-refractivity contribution < 1.29 is 23.1 Å². The molecule has 1 aromatic carbocycles. The molecule has 4 heterocycles. The molecule has 7 nitrogen and oxygen atoms in total. The van der Waals surface area contributed by atoms with Crippen LogP contribution in [0.2, 0.25) is 0 Å². The van der Waals surface area contributed by atoms with Crippen LogP contribution in [0.3, 0.4) is 0 Å². The molecule has 0 saturated carbocycles. The van der Waals surface area contributed by atoms with Gasteiger partial charge >= 0.3 is 0 Å². The summed E-state index contributed by atoms with van der Waals surface area (Å²) in [7, 11) is 0. The average molecular weight is 426 g/mol. The van der Waals surface area contributed by atoms with Gasteiger partial charge in [0.1, 0.15) is 29.0 Å². The Hall–Kier alpha value is -3.46. The molecule has 5 rings (SSSR count). The first-order valence-electron chi connectivity index (χ1n) is 9.93. The first kappa shape index (κ1) is 19.5. The topological polar surface area (TPSA) is 75.5 Å². The first-order chi connectivity index (χ1) is 15.0. The number of hydrogen-bond acceptors (Lipinski definition) is 6. The normalized spacial score (nSPS) is 17.0. The van der Waals surface area contributed by atoms with Crippen LogP contribution in [0.1, 0.15) is 6.42 Å². The number of hydrogen-bond donors (Lipinski definition) is 1. The first-order valence-corrected chi connectivity index (χ1v) is 9.93. The van der Waals surface area contributed by atoms with Crippen molar-refractivity contribution in [2.45, 2.75) is 12.3 Å². The average Bonchev–Trinajstić information content (AvgIpc) is 3.38. The van der Waals surface area contributed by atoms with Gasteiger partial charge < -0.3 is 18.8 Å². The van der Waals surface area contributed by atoms with Gasteiger partial charge in [-0.3, -0.25) is 4.90 Å². The van der Waals surface area contributed by atoms with Gasteiger partial charge in [0.05, 0.1) is 18.3 Å². The lowest BCUT2D eigenvalue weighted by molar-refractivity contribution is 0.0113. The van der Waals surface area contributed by atoms with Gasteiger partial charge in [0, 0.05) is 37.3 Å². The molecule has 1 fully saturated rings. The minimum absolute atomic E-state index is 0.111. The third kappa shape index (κ3) is 3.96. The van der Waals surface area contributed by atoms with Crippen molar-refractivity contribution in [1.29, 1.82) is 0 Å². The Kier molecular flexibility index (Phi) is 4.82. The summed E-state index contributed by atoms with van der Waals surface area (Å²) in [5.41, 5.74) is 2.08. The van der Waals surface area contributed by atoms with E-state index >= 15 is 0 Å². The second kappa shape index (κ2) is 7.66. The number of benzene rings is 1. The summed E-state index contributed by atoms with van der Waals surface area (Å²) in [5, 5.41) is 13.8. The maximum Gasteiger partial charge on any atom is 0.261 e. The lowest BCUT2D eigenvalue weighted by atomic mass is 10.2. The molecular weight excluding hydrogens is 406 g/mol. The molecule has 1 aliphatic rings. The van der Waals surface area contributed by atoms with Crippen molar-refractivity contribution in [3.8, 4) is 17.2 Å². The highest BCUT2D eigenvalue weighted by atomic mass is 19.3. The fourth-order valence-electron chi connectivity index (χ4n) is 3.81. The number of fused-ring (bicyclic) bond motifs is 2.